The van der Waals surface area contributed by atoms with Gasteiger partial charge in [0.2, 0.25) is 0 Å². The molecule has 10 heteroatoms. The van der Waals surface area contributed by atoms with Crippen molar-refractivity contribution in [3.05, 3.63) is 129 Å². The van der Waals surface area contributed by atoms with E-state index < -0.39 is 33.5 Å². The molecular weight excluding hydrogens is 701 g/mol. The van der Waals surface area contributed by atoms with Gasteiger partial charge >= 0.3 is 17.6 Å². The molecule has 234 valence electrons. The first kappa shape index (κ1) is 37.8. The van der Waals surface area contributed by atoms with E-state index in [4.69, 9.17) is 21.8 Å². The zero-order valence-corrected chi connectivity index (χ0v) is 31.3. The Morgan fingerprint density at radius 2 is 0.674 bits per heavy atom. The van der Waals surface area contributed by atoms with Crippen LogP contribution in [-0.2, 0) is 42.2 Å². The van der Waals surface area contributed by atoms with Crippen LogP contribution in [0.1, 0.15) is 0 Å². The smallest absolute Gasteiger partial charge is 0.377 e. The molecule has 0 aliphatic carbocycles. The first-order valence-electron chi connectivity index (χ1n) is 13.9. The molecule has 0 fully saturated rings. The molecule has 0 spiro atoms. The largest absolute Gasteiger partial charge is 0.496 e. The van der Waals surface area contributed by atoms with Crippen molar-refractivity contribution < 1.29 is 42.2 Å². The van der Waals surface area contributed by atoms with Crippen molar-refractivity contribution in [2.24, 2.45) is 0 Å². The summed E-state index contributed by atoms with van der Waals surface area (Å²) >= 11 is 0. The van der Waals surface area contributed by atoms with Crippen LogP contribution < -0.4 is 21.2 Å². The third-order valence-electron chi connectivity index (χ3n) is 7.41. The van der Waals surface area contributed by atoms with Crippen molar-refractivity contribution in [3.8, 4) is 0 Å². The molecule has 0 bridgehead atoms. The number of rotatable bonds is 16. The van der Waals surface area contributed by atoms with Gasteiger partial charge in [-0.1, -0.05) is 72.8 Å². The quantitative estimate of drug-likeness (QED) is 0.0845. The van der Waals surface area contributed by atoms with Crippen LogP contribution in [-0.4, -0.2) is 58.4 Å². The number of benzene rings is 4. The third kappa shape index (κ3) is 10.3. The Balaban J connectivity index is 0.00000323. The fourth-order valence-electron chi connectivity index (χ4n) is 5.10. The first-order chi connectivity index (χ1) is 20.1. The molecule has 4 aromatic carbocycles. The predicted octanol–water partition coefficient (Wildman–Crippen LogP) is 5.64. The summed E-state index contributed by atoms with van der Waals surface area (Å²) in [6.07, 6.45) is 1.82. The van der Waals surface area contributed by atoms with E-state index in [2.05, 4.69) is 121 Å². The Hall–Kier alpha value is -1.36. The molecule has 0 radical (unpaired) electrons. The minimum atomic E-state index is -3.13. The van der Waals surface area contributed by atoms with E-state index in [-0.39, 0.29) is 27.8 Å². The molecule has 0 amide bonds. The second-order valence-corrected chi connectivity index (χ2v) is 21.1. The Bertz CT molecular complexity index is 1110. The fourth-order valence-corrected chi connectivity index (χ4v) is 18.9. The van der Waals surface area contributed by atoms with Crippen molar-refractivity contribution in [1.82, 2.24) is 0 Å². The van der Waals surface area contributed by atoms with Gasteiger partial charge < -0.3 is 29.2 Å². The third-order valence-corrected chi connectivity index (χ3v) is 20.7. The van der Waals surface area contributed by atoms with E-state index in [1.807, 2.05) is 0 Å². The van der Waals surface area contributed by atoms with E-state index >= 15 is 0 Å². The summed E-state index contributed by atoms with van der Waals surface area (Å²) in [5.74, 6) is 0. The van der Waals surface area contributed by atoms with Gasteiger partial charge in [-0.2, -0.15) is 0 Å². The maximum atomic E-state index is 6.89. The molecule has 0 aliphatic rings. The Kier molecular flexibility index (Phi) is 16.9. The van der Waals surface area contributed by atoms with Crippen LogP contribution in [0.25, 0.3) is 0 Å². The summed E-state index contributed by atoms with van der Waals surface area (Å²) in [7, 11) is -1.65. The molecule has 0 atom stereocenters. The van der Waals surface area contributed by atoms with Gasteiger partial charge in [-0.15, -0.1) is 0 Å². The molecule has 4 aromatic rings. The summed E-state index contributed by atoms with van der Waals surface area (Å²) in [6.45, 7) is 0. The summed E-state index contributed by atoms with van der Waals surface area (Å²) in [5, 5.41) is 5.44. The number of hydrogen-bond donors (Lipinski definition) is 0. The van der Waals surface area contributed by atoms with Crippen molar-refractivity contribution in [2.45, 2.75) is 12.1 Å². The standard InChI is InChI=1S/C32H40O5P2Si2.CH3.Pd/c1-33-40(34-2,27-25-38(29-17-9-5-10-18-29)30-19-11-6-12-20-30)37-41(35-3,36-4)28-26-39(31-21-13-7-14-22-31)32-23-15-8-16-24-32;;/h5-24H,25-28H2,1-4H3;1H3;/q;-1;/p+2. The molecule has 5 nitrogen and oxygen atoms in total. The average molecular weight is 746 g/mol. The zero-order chi connectivity index (χ0) is 29.0. The maximum absolute atomic E-state index is 6.89. The van der Waals surface area contributed by atoms with Gasteiger partial charge in [-0.05, 0) is 48.5 Å². The molecule has 43 heavy (non-hydrogen) atoms. The number of hydrogen-bond acceptors (Lipinski definition) is 5. The van der Waals surface area contributed by atoms with Crippen LogP contribution >= 0.6 is 15.8 Å². The topological polar surface area (TPSA) is 46.2 Å². The van der Waals surface area contributed by atoms with Crippen molar-refractivity contribution in [1.29, 1.82) is 0 Å². The molecule has 0 saturated heterocycles. The van der Waals surface area contributed by atoms with Gasteiger partial charge in [0, 0.05) is 48.9 Å². The minimum absolute atomic E-state index is 0. The minimum Gasteiger partial charge on any atom is -0.377 e. The molecule has 0 aliphatic heterocycles. The Labute approximate surface area is 277 Å². The van der Waals surface area contributed by atoms with E-state index in [0.29, 0.717) is 12.1 Å². The molecule has 0 N–H and O–H groups in total. The molecule has 0 aromatic heterocycles. The molecule has 0 unspecified atom stereocenters. The second kappa shape index (κ2) is 19.2. The molecule has 0 heterocycles. The van der Waals surface area contributed by atoms with Gasteiger partial charge in [0.05, 0.1) is 61.5 Å². The van der Waals surface area contributed by atoms with E-state index in [0.717, 1.165) is 12.3 Å². The average Bonchev–Trinajstić information content (AvgIpc) is 3.06. The maximum Gasteiger partial charge on any atom is 0.496 e. The molecular formula is C33H45O5P2PdSi2+. The Morgan fingerprint density at radius 3 is 0.884 bits per heavy atom. The van der Waals surface area contributed by atoms with Crippen LogP contribution in [0.15, 0.2) is 121 Å². The zero-order valence-electron chi connectivity index (χ0n) is 25.7. The molecule has 4 rings (SSSR count). The van der Waals surface area contributed by atoms with Crippen LogP contribution in [0.2, 0.25) is 12.1 Å². The summed E-state index contributed by atoms with van der Waals surface area (Å²) < 4.78 is 31.4. The van der Waals surface area contributed by atoms with Crippen molar-refractivity contribution in [2.75, 3.05) is 40.8 Å². The molecule has 0 saturated carbocycles. The predicted molar refractivity (Wildman–Crippen MR) is 187 cm³/mol. The monoisotopic (exact) mass is 745 g/mol. The van der Waals surface area contributed by atoms with Crippen LogP contribution in [0.5, 0.6) is 0 Å². The van der Waals surface area contributed by atoms with Crippen LogP contribution in [0.3, 0.4) is 0 Å². The van der Waals surface area contributed by atoms with Crippen molar-refractivity contribution in [3.63, 3.8) is 0 Å². The van der Waals surface area contributed by atoms with Gasteiger partial charge in [-0.25, -0.2) is 0 Å². The van der Waals surface area contributed by atoms with E-state index in [1.165, 1.54) is 21.2 Å². The van der Waals surface area contributed by atoms with Gasteiger partial charge in [0.25, 0.3) is 0 Å². The van der Waals surface area contributed by atoms with E-state index in [1.54, 1.807) is 28.4 Å². The fraction of sp³-hybridized carbons (Fsp3) is 0.242. The van der Waals surface area contributed by atoms with Crippen molar-refractivity contribution >= 4 is 54.7 Å². The van der Waals surface area contributed by atoms with Gasteiger partial charge in [-0.3, -0.25) is 0 Å². The Morgan fingerprint density at radius 1 is 0.442 bits per heavy atom. The van der Waals surface area contributed by atoms with Crippen LogP contribution in [0.4, 0.5) is 0 Å². The SMILES string of the molecule is CO[Si](CC[PH+](c1ccccc1)c1ccccc1)(OC)O[Si](CC[PH+](c1ccccc1)c1ccccc1)(OC)OC.[CH3-].[Pd]. The summed E-state index contributed by atoms with van der Waals surface area (Å²) in [5.41, 5.74) is 0. The normalized spacial score (nSPS) is 11.7. The van der Waals surface area contributed by atoms with Crippen LogP contribution in [0, 0.1) is 7.43 Å². The first-order valence-corrected chi connectivity index (χ1v) is 21.2. The van der Waals surface area contributed by atoms with E-state index in [9.17, 15) is 0 Å². The summed E-state index contributed by atoms with van der Waals surface area (Å²) in [4.78, 5) is 0. The second-order valence-electron chi connectivity index (χ2n) is 9.71. The van der Waals surface area contributed by atoms with Gasteiger partial charge in [0.15, 0.2) is 0 Å². The summed E-state index contributed by atoms with van der Waals surface area (Å²) in [6, 6.07) is 44.4. The van der Waals surface area contributed by atoms with Gasteiger partial charge in [0.1, 0.15) is 0 Å².